The van der Waals surface area contributed by atoms with Gasteiger partial charge in [-0.25, -0.2) is 9.97 Å². The highest BCUT2D eigenvalue weighted by atomic mass is 35.5. The number of pyridine rings is 1. The highest BCUT2D eigenvalue weighted by Gasteiger charge is 2.18. The predicted octanol–water partition coefficient (Wildman–Crippen LogP) is 4.47. The topological polar surface area (TPSA) is 76.1 Å². The van der Waals surface area contributed by atoms with Crippen LogP contribution >= 0.6 is 23.7 Å². The SMILES string of the molecule is Cl.O=C(Nc1ncc(C2CCNCC2)s1)c1ccc(Oc2ccccc2)nc1. The second-order valence-electron chi connectivity index (χ2n) is 6.35. The number of aromatic nitrogens is 2. The molecule has 0 saturated carbocycles. The third-order valence-electron chi connectivity index (χ3n) is 4.45. The number of nitrogens with zero attached hydrogens (tertiary/aromatic N) is 2. The van der Waals surface area contributed by atoms with Crippen molar-refractivity contribution in [3.8, 4) is 11.6 Å². The summed E-state index contributed by atoms with van der Waals surface area (Å²) < 4.78 is 5.64. The van der Waals surface area contributed by atoms with Gasteiger partial charge in [-0.3, -0.25) is 10.1 Å². The van der Waals surface area contributed by atoms with Crippen LogP contribution in [0.1, 0.15) is 34.0 Å². The number of hydrogen-bond acceptors (Lipinski definition) is 6. The molecule has 1 aliphatic heterocycles. The van der Waals surface area contributed by atoms with Crippen molar-refractivity contribution in [1.29, 1.82) is 0 Å². The van der Waals surface area contributed by atoms with Crippen LogP contribution in [0.4, 0.5) is 5.13 Å². The summed E-state index contributed by atoms with van der Waals surface area (Å²) in [6.07, 6.45) is 5.62. The van der Waals surface area contributed by atoms with Crippen molar-refractivity contribution in [3.05, 3.63) is 65.3 Å². The molecule has 1 amide bonds. The van der Waals surface area contributed by atoms with Gasteiger partial charge in [0, 0.05) is 23.3 Å². The van der Waals surface area contributed by atoms with Gasteiger partial charge in [0.15, 0.2) is 5.13 Å². The largest absolute Gasteiger partial charge is 0.439 e. The summed E-state index contributed by atoms with van der Waals surface area (Å²) in [7, 11) is 0. The lowest BCUT2D eigenvalue weighted by atomic mass is 9.97. The van der Waals surface area contributed by atoms with E-state index in [0.29, 0.717) is 28.2 Å². The molecule has 1 fully saturated rings. The van der Waals surface area contributed by atoms with Crippen LogP contribution in [0.2, 0.25) is 0 Å². The fraction of sp³-hybridized carbons (Fsp3) is 0.250. The van der Waals surface area contributed by atoms with Crippen molar-refractivity contribution < 1.29 is 9.53 Å². The molecule has 1 aliphatic rings. The first kappa shape index (κ1) is 20.3. The fourth-order valence-corrected chi connectivity index (χ4v) is 3.97. The first-order valence-electron chi connectivity index (χ1n) is 8.95. The summed E-state index contributed by atoms with van der Waals surface area (Å²) in [5.74, 6) is 1.46. The molecular formula is C20H21ClN4O2S. The number of para-hydroxylation sites is 1. The Labute approximate surface area is 173 Å². The number of thiazole rings is 1. The van der Waals surface area contributed by atoms with Crippen LogP contribution in [-0.2, 0) is 0 Å². The number of carbonyl (C=O) groups is 1. The molecule has 2 aromatic heterocycles. The molecule has 0 aliphatic carbocycles. The van der Waals surface area contributed by atoms with E-state index in [0.717, 1.165) is 25.9 Å². The minimum atomic E-state index is -0.222. The van der Waals surface area contributed by atoms with Crippen LogP contribution < -0.4 is 15.4 Å². The van der Waals surface area contributed by atoms with E-state index in [4.69, 9.17) is 4.74 Å². The summed E-state index contributed by atoms with van der Waals surface area (Å²) in [5, 5.41) is 6.84. The zero-order valence-corrected chi connectivity index (χ0v) is 16.8. The number of piperidine rings is 1. The number of hydrogen-bond donors (Lipinski definition) is 2. The lowest BCUT2D eigenvalue weighted by Crippen LogP contribution is -2.26. The van der Waals surface area contributed by atoms with Gasteiger partial charge >= 0.3 is 0 Å². The Kier molecular flexibility index (Phi) is 6.97. The van der Waals surface area contributed by atoms with E-state index < -0.39 is 0 Å². The van der Waals surface area contributed by atoms with Gasteiger partial charge in [-0.2, -0.15) is 0 Å². The molecule has 6 nitrogen and oxygen atoms in total. The molecular weight excluding hydrogens is 396 g/mol. The monoisotopic (exact) mass is 416 g/mol. The molecule has 4 rings (SSSR count). The van der Waals surface area contributed by atoms with E-state index in [1.165, 1.54) is 11.1 Å². The van der Waals surface area contributed by atoms with Gasteiger partial charge in [-0.05, 0) is 50.0 Å². The molecule has 1 aromatic carbocycles. The Morgan fingerprint density at radius 2 is 1.86 bits per heavy atom. The summed E-state index contributed by atoms with van der Waals surface area (Å²) >= 11 is 1.55. The lowest BCUT2D eigenvalue weighted by Gasteiger charge is -2.20. The van der Waals surface area contributed by atoms with E-state index >= 15 is 0 Å². The van der Waals surface area contributed by atoms with Crippen LogP contribution in [0.5, 0.6) is 11.6 Å². The molecule has 8 heteroatoms. The van der Waals surface area contributed by atoms with Gasteiger partial charge < -0.3 is 10.1 Å². The Morgan fingerprint density at radius 1 is 1.07 bits per heavy atom. The van der Waals surface area contributed by atoms with Crippen LogP contribution in [0, 0.1) is 0 Å². The van der Waals surface area contributed by atoms with E-state index in [2.05, 4.69) is 20.6 Å². The van der Waals surface area contributed by atoms with E-state index in [9.17, 15) is 4.79 Å². The molecule has 0 spiro atoms. The van der Waals surface area contributed by atoms with Gasteiger partial charge in [0.2, 0.25) is 5.88 Å². The van der Waals surface area contributed by atoms with Crippen molar-refractivity contribution in [2.24, 2.45) is 0 Å². The number of rotatable bonds is 5. The van der Waals surface area contributed by atoms with Crippen molar-refractivity contribution >= 4 is 34.8 Å². The third kappa shape index (κ3) is 5.07. The lowest BCUT2D eigenvalue weighted by molar-refractivity contribution is 0.102. The maximum atomic E-state index is 12.4. The van der Waals surface area contributed by atoms with Gasteiger partial charge in [-0.1, -0.05) is 18.2 Å². The number of nitrogens with one attached hydrogen (secondary N) is 2. The van der Waals surface area contributed by atoms with Crippen molar-refractivity contribution in [2.75, 3.05) is 18.4 Å². The Bertz CT molecular complexity index is 896. The maximum Gasteiger partial charge on any atom is 0.259 e. The number of carbonyl (C=O) groups excluding carboxylic acids is 1. The molecule has 0 radical (unpaired) electrons. The molecule has 146 valence electrons. The predicted molar refractivity (Wildman–Crippen MR) is 113 cm³/mol. The highest BCUT2D eigenvalue weighted by Crippen LogP contribution is 2.31. The van der Waals surface area contributed by atoms with Gasteiger partial charge in [0.25, 0.3) is 5.91 Å². The summed E-state index contributed by atoms with van der Waals surface area (Å²) in [6, 6.07) is 12.8. The fourth-order valence-electron chi connectivity index (χ4n) is 2.99. The van der Waals surface area contributed by atoms with Crippen LogP contribution in [0.3, 0.4) is 0 Å². The summed E-state index contributed by atoms with van der Waals surface area (Å²) in [5.41, 5.74) is 0.467. The second kappa shape index (κ2) is 9.64. The Balaban J connectivity index is 0.00000225. The number of benzene rings is 1. The van der Waals surface area contributed by atoms with Crippen LogP contribution in [-0.4, -0.2) is 29.0 Å². The van der Waals surface area contributed by atoms with Crippen molar-refractivity contribution in [3.63, 3.8) is 0 Å². The number of halogens is 1. The smallest absolute Gasteiger partial charge is 0.259 e. The average Bonchev–Trinajstić information content (AvgIpc) is 3.18. The first-order chi connectivity index (χ1) is 13.3. The van der Waals surface area contributed by atoms with Crippen LogP contribution in [0.25, 0.3) is 0 Å². The van der Waals surface area contributed by atoms with E-state index in [-0.39, 0.29) is 18.3 Å². The normalized spacial score (nSPS) is 14.1. The van der Waals surface area contributed by atoms with Gasteiger partial charge in [0.1, 0.15) is 5.75 Å². The molecule has 0 bridgehead atoms. The van der Waals surface area contributed by atoms with Crippen molar-refractivity contribution in [2.45, 2.75) is 18.8 Å². The van der Waals surface area contributed by atoms with Gasteiger partial charge in [0.05, 0.1) is 5.56 Å². The van der Waals surface area contributed by atoms with Gasteiger partial charge in [-0.15, -0.1) is 23.7 Å². The third-order valence-corrected chi connectivity index (χ3v) is 5.52. The second-order valence-corrected chi connectivity index (χ2v) is 7.41. The zero-order valence-electron chi connectivity index (χ0n) is 15.1. The van der Waals surface area contributed by atoms with Crippen molar-refractivity contribution in [1.82, 2.24) is 15.3 Å². The molecule has 3 aromatic rings. The maximum absolute atomic E-state index is 12.4. The number of ether oxygens (including phenoxy) is 1. The Hall–Kier alpha value is -2.48. The molecule has 0 unspecified atom stereocenters. The molecule has 3 heterocycles. The molecule has 2 N–H and O–H groups in total. The van der Waals surface area contributed by atoms with E-state index in [1.54, 1.807) is 23.5 Å². The number of amides is 1. The average molecular weight is 417 g/mol. The minimum Gasteiger partial charge on any atom is -0.439 e. The summed E-state index contributed by atoms with van der Waals surface area (Å²) in [6.45, 7) is 2.07. The first-order valence-corrected chi connectivity index (χ1v) is 9.76. The molecule has 28 heavy (non-hydrogen) atoms. The standard InChI is InChI=1S/C20H20N4O2S.ClH/c25-19(24-20-23-13-17(27-20)14-8-10-21-11-9-14)15-6-7-18(22-12-15)26-16-4-2-1-3-5-16;/h1-7,12-14,21H,8-11H2,(H,23,24,25);1H. The highest BCUT2D eigenvalue weighted by molar-refractivity contribution is 7.15. The zero-order chi connectivity index (χ0) is 18.5. The Morgan fingerprint density at radius 3 is 2.57 bits per heavy atom. The van der Waals surface area contributed by atoms with E-state index in [1.807, 2.05) is 36.5 Å². The number of anilines is 1. The summed E-state index contributed by atoms with van der Waals surface area (Å²) in [4.78, 5) is 22.2. The molecule has 0 atom stereocenters. The minimum absolute atomic E-state index is 0. The molecule has 1 saturated heterocycles. The quantitative estimate of drug-likeness (QED) is 0.641. The van der Waals surface area contributed by atoms with Crippen LogP contribution in [0.15, 0.2) is 54.9 Å².